The Morgan fingerprint density at radius 1 is 0.940 bits per heavy atom. The van der Waals surface area contributed by atoms with Gasteiger partial charge in [-0.1, -0.05) is 59.4 Å². The van der Waals surface area contributed by atoms with Gasteiger partial charge >= 0.3 is 11.9 Å². The van der Waals surface area contributed by atoms with Crippen LogP contribution in [-0.4, -0.2) is 23.1 Å². The van der Waals surface area contributed by atoms with Crippen LogP contribution in [0.2, 0.25) is 0 Å². The lowest BCUT2D eigenvalue weighted by Gasteiger charge is -2.73. The van der Waals surface area contributed by atoms with E-state index in [1.807, 2.05) is 6.07 Å². The van der Waals surface area contributed by atoms with Crippen LogP contribution in [-0.2, 0) is 14.3 Å². The summed E-state index contributed by atoms with van der Waals surface area (Å²) < 4.78 is 20.2. The molecule has 5 aliphatic carbocycles. The van der Waals surface area contributed by atoms with Crippen LogP contribution in [0.1, 0.15) is 132 Å². The topological polar surface area (TPSA) is 75.6 Å². The Hall–Kier alpha value is -2.63. The van der Waals surface area contributed by atoms with Crippen molar-refractivity contribution in [1.29, 1.82) is 0 Å². The van der Waals surface area contributed by atoms with E-state index in [1.54, 1.807) is 26.0 Å². The highest BCUT2D eigenvalue weighted by Gasteiger charge is 2.71. The maximum Gasteiger partial charge on any atom is 0.309 e. The Bertz CT molecular complexity index is 1550. The summed E-state index contributed by atoms with van der Waals surface area (Å²) in [5.41, 5.74) is 2.50. The van der Waals surface area contributed by atoms with E-state index >= 15 is 0 Å². The van der Waals surface area contributed by atoms with Gasteiger partial charge in [-0.3, -0.25) is 9.59 Å². The molecule has 5 aliphatic rings. The second-order valence-corrected chi connectivity index (χ2v) is 19.7. The zero-order chi connectivity index (χ0) is 36.7. The van der Waals surface area contributed by atoms with Gasteiger partial charge in [0, 0.05) is 16.8 Å². The Labute approximate surface area is 301 Å². The highest BCUT2D eigenvalue weighted by atomic mass is 19.1. The molecule has 6 rings (SSSR count). The number of hydrogen-bond acceptors (Lipinski definition) is 4. The van der Waals surface area contributed by atoms with Gasteiger partial charge in [0.2, 0.25) is 0 Å². The largest absolute Gasteiger partial charge is 0.481 e. The molecule has 0 saturated heterocycles. The van der Waals surface area contributed by atoms with E-state index in [-0.39, 0.29) is 45.4 Å². The summed E-state index contributed by atoms with van der Waals surface area (Å²) in [5.74, 6) is 1.13. The van der Waals surface area contributed by atoms with Gasteiger partial charge in [0.05, 0.1) is 11.8 Å². The smallest absolute Gasteiger partial charge is 0.309 e. The Morgan fingerprint density at radius 3 is 2.32 bits per heavy atom. The number of benzene rings is 1. The van der Waals surface area contributed by atoms with Crippen molar-refractivity contribution >= 4 is 17.6 Å². The molecule has 50 heavy (non-hydrogen) atoms. The minimum absolute atomic E-state index is 0.112. The van der Waals surface area contributed by atoms with Gasteiger partial charge < -0.3 is 15.2 Å². The van der Waals surface area contributed by atoms with Gasteiger partial charge in [-0.15, -0.1) is 0 Å². The Morgan fingerprint density at radius 2 is 1.66 bits per heavy atom. The molecule has 1 aromatic carbocycles. The monoisotopic (exact) mass is 689 g/mol. The molecule has 0 unspecified atom stereocenters. The fraction of sp³-hybridized carbons (Fsp3) is 0.727. The van der Waals surface area contributed by atoms with Crippen LogP contribution in [0.4, 0.5) is 10.1 Å². The highest BCUT2D eigenvalue weighted by molar-refractivity contribution is 5.81. The van der Waals surface area contributed by atoms with Crippen molar-refractivity contribution in [3.63, 3.8) is 0 Å². The number of fused-ring (bicyclic) bond motifs is 7. The van der Waals surface area contributed by atoms with Crippen LogP contribution in [0.25, 0.3) is 0 Å². The summed E-state index contributed by atoms with van der Waals surface area (Å²) in [6.07, 6.45) is 12.1. The maximum atomic E-state index is 14.0. The molecular formula is C44H64FNO4. The van der Waals surface area contributed by atoms with E-state index in [0.717, 1.165) is 37.1 Å². The van der Waals surface area contributed by atoms with Crippen LogP contribution < -0.4 is 5.32 Å². The molecule has 0 radical (unpaired) electrons. The molecule has 0 amide bonds. The number of carbonyl (C=O) groups is 2. The average molecular weight is 690 g/mol. The second kappa shape index (κ2) is 12.5. The summed E-state index contributed by atoms with van der Waals surface area (Å²) in [4.78, 5) is 24.8. The minimum atomic E-state index is -1.14. The van der Waals surface area contributed by atoms with Crippen LogP contribution in [0.15, 0.2) is 48.7 Å². The third-order valence-corrected chi connectivity index (χ3v) is 16.3. The van der Waals surface area contributed by atoms with Crippen molar-refractivity contribution in [2.24, 2.45) is 62.1 Å². The average Bonchev–Trinajstić information content (AvgIpc) is 3.38. The maximum absolute atomic E-state index is 14.0. The lowest BCUT2D eigenvalue weighted by atomic mass is 9.32. The Balaban J connectivity index is 1.25. The molecule has 5 nitrogen and oxygen atoms in total. The summed E-state index contributed by atoms with van der Waals surface area (Å²) >= 11 is 0. The molecule has 6 heteroatoms. The molecule has 0 aliphatic heterocycles. The zero-order valence-corrected chi connectivity index (χ0v) is 32.2. The number of anilines is 1. The predicted octanol–water partition coefficient (Wildman–Crippen LogP) is 11.2. The van der Waals surface area contributed by atoms with E-state index in [4.69, 9.17) is 4.74 Å². The third-order valence-electron chi connectivity index (χ3n) is 16.3. The first-order valence-electron chi connectivity index (χ1n) is 19.5. The fourth-order valence-electron chi connectivity index (χ4n) is 13.7. The summed E-state index contributed by atoms with van der Waals surface area (Å²) in [7, 11) is 0. The van der Waals surface area contributed by atoms with Gasteiger partial charge in [0.25, 0.3) is 0 Å². The van der Waals surface area contributed by atoms with Gasteiger partial charge in [0.15, 0.2) is 0 Å². The van der Waals surface area contributed by atoms with Crippen molar-refractivity contribution in [1.82, 2.24) is 0 Å². The number of carbonyl (C=O) groups excluding carboxylic acids is 1. The lowest BCUT2D eigenvalue weighted by molar-refractivity contribution is -0.250. The van der Waals surface area contributed by atoms with Gasteiger partial charge in [0.1, 0.15) is 11.9 Å². The highest BCUT2D eigenvalue weighted by Crippen LogP contribution is 2.78. The van der Waals surface area contributed by atoms with E-state index in [0.29, 0.717) is 29.6 Å². The van der Waals surface area contributed by atoms with E-state index < -0.39 is 17.4 Å². The quantitative estimate of drug-likeness (QED) is 0.199. The Kier molecular flexibility index (Phi) is 9.29. The van der Waals surface area contributed by atoms with Crippen molar-refractivity contribution in [3.8, 4) is 0 Å². The van der Waals surface area contributed by atoms with Crippen molar-refractivity contribution in [3.05, 3.63) is 54.5 Å². The number of aliphatic carboxylic acids is 1. The number of esters is 1. The number of halogens is 1. The zero-order valence-electron chi connectivity index (χ0n) is 32.2. The lowest BCUT2D eigenvalue weighted by Crippen LogP contribution is -2.66. The number of rotatable bonds is 9. The number of carboxylic acid groups (broad SMARTS) is 1. The molecule has 5 saturated carbocycles. The van der Waals surface area contributed by atoms with E-state index in [2.05, 4.69) is 60.0 Å². The molecule has 5 fully saturated rings. The molecule has 2 N–H and O–H groups in total. The first kappa shape index (κ1) is 37.1. The number of ether oxygens (including phenoxy) is 1. The SMILES string of the molecule is C=C(C[C@]12CC[C@@H](C(=C)C)[C@@H]1[C@H]1CC[C@@H]3[C@@]4(C)CC[C@H](OC(=O)CC(C)(C)C(=O)O)C(C)(C)[C@@H]4CC[C@@]3(C)[C@]1(C)CC2)Nc1cccc(F)c1. The van der Waals surface area contributed by atoms with Crippen LogP contribution >= 0.6 is 0 Å². The first-order chi connectivity index (χ1) is 23.2. The molecule has 0 spiro atoms. The van der Waals surface area contributed by atoms with E-state index in [9.17, 15) is 19.1 Å². The molecule has 0 aromatic heterocycles. The fourth-order valence-corrected chi connectivity index (χ4v) is 13.7. The summed E-state index contributed by atoms with van der Waals surface area (Å²) in [6, 6.07) is 6.71. The van der Waals surface area contributed by atoms with Crippen LogP contribution in [0.5, 0.6) is 0 Å². The van der Waals surface area contributed by atoms with Gasteiger partial charge in [-0.2, -0.15) is 0 Å². The first-order valence-corrected chi connectivity index (χ1v) is 19.5. The van der Waals surface area contributed by atoms with Crippen LogP contribution in [0, 0.1) is 67.9 Å². The normalized spacial score (nSPS) is 40.3. The number of hydrogen-bond donors (Lipinski definition) is 2. The van der Waals surface area contributed by atoms with Crippen molar-refractivity contribution in [2.75, 3.05) is 5.32 Å². The van der Waals surface area contributed by atoms with Gasteiger partial charge in [-0.25, -0.2) is 4.39 Å². The molecule has 0 bridgehead atoms. The predicted molar refractivity (Wildman–Crippen MR) is 199 cm³/mol. The van der Waals surface area contributed by atoms with Gasteiger partial charge in [-0.05, 0) is 161 Å². The molecule has 276 valence electrons. The number of carboxylic acids is 1. The minimum Gasteiger partial charge on any atom is -0.481 e. The third kappa shape index (κ3) is 5.77. The molecule has 1 aromatic rings. The second-order valence-electron chi connectivity index (χ2n) is 19.7. The molecule has 0 heterocycles. The van der Waals surface area contributed by atoms with Crippen molar-refractivity contribution < 1.29 is 23.8 Å². The summed E-state index contributed by atoms with van der Waals surface area (Å²) in [6.45, 7) is 27.0. The summed E-state index contributed by atoms with van der Waals surface area (Å²) in [5, 5.41) is 13.1. The number of allylic oxidation sites excluding steroid dienone is 2. The van der Waals surface area contributed by atoms with Crippen molar-refractivity contribution in [2.45, 2.75) is 139 Å². The number of nitrogens with one attached hydrogen (secondary N) is 1. The standard InChI is InChI=1S/C44H64FNO4/c1-27(2)31-16-21-44(25-28(3)46-30-13-11-12-29(45)24-30)23-22-42(9)32(37(31)44)14-15-34-41(8)19-18-35(50-36(47)26-39(4,5)38(48)49)40(6,7)33(41)17-20-43(34,42)10/h11-13,24,31-35,37,46H,1,3,14-23,25-26H2,2,4-10H3,(H,48,49)/t31-,32+,33-,34+,35-,37+,41-,42+,43+,44+/m0/s1. The van der Waals surface area contributed by atoms with E-state index in [1.165, 1.54) is 56.6 Å². The van der Waals surface area contributed by atoms with Crippen LogP contribution in [0.3, 0.4) is 0 Å². The molecular weight excluding hydrogens is 625 g/mol. The molecule has 10 atom stereocenters.